The van der Waals surface area contributed by atoms with Crippen LogP contribution in [0.4, 0.5) is 0 Å². The van der Waals surface area contributed by atoms with Crippen molar-refractivity contribution in [3.8, 4) is 11.5 Å². The van der Waals surface area contributed by atoms with Gasteiger partial charge >= 0.3 is 47.8 Å². The number of ether oxygens (including phenoxy) is 10. The molecule has 5 saturated carbocycles. The van der Waals surface area contributed by atoms with Crippen LogP contribution in [0.2, 0.25) is 0 Å². The van der Waals surface area contributed by atoms with E-state index < -0.39 is 16.4 Å². The molecule has 20 heteroatoms. The fourth-order valence-corrected chi connectivity index (χ4v) is 14.1. The van der Waals surface area contributed by atoms with E-state index in [4.69, 9.17) is 47.4 Å². The molecule has 1 atom stereocenters. The Morgan fingerprint density at radius 1 is 0.398 bits per heavy atom. The van der Waals surface area contributed by atoms with E-state index in [2.05, 4.69) is 97.7 Å². The molecule has 0 spiro atoms. The van der Waals surface area contributed by atoms with Gasteiger partial charge in [-0.15, -0.1) is 0 Å². The zero-order valence-electron chi connectivity index (χ0n) is 84.3. The highest BCUT2D eigenvalue weighted by Crippen LogP contribution is 2.55. The van der Waals surface area contributed by atoms with Gasteiger partial charge in [0, 0.05) is 46.5 Å². The Morgan fingerprint density at radius 3 is 1.20 bits per heavy atom. The van der Waals surface area contributed by atoms with E-state index in [1.807, 2.05) is 258 Å². The lowest BCUT2D eigenvalue weighted by Gasteiger charge is -2.53. The highest BCUT2D eigenvalue weighted by atomic mass is 16.6. The zero-order valence-corrected chi connectivity index (χ0v) is 84.3. The van der Waals surface area contributed by atoms with Crippen LogP contribution in [0.5, 0.6) is 11.5 Å². The summed E-state index contributed by atoms with van der Waals surface area (Å²) >= 11 is 0. The SMILES string of the molecule is C=C(C)C(=O)OC(C)(C)c1ccccc1.C=C(C)C(=O)OC1C2CC3CC(C2)CC1C3.C=C(C)C(=O)OC1CCCCC1.C=C(C)C(=O)OCCN(C)C.C=C(C)C(=O)OCCOc1ccccc1.C=C(C)C(=O)OCc1ccccc1.C=Cc1ccc(C(C)(C)C)cc1.C=Cc1ccc(OC(C)(C)C)cc1.CCC(C)(CC(C)(C)C(=O)OCCN(C)C)C(=O)OCc1ccccc1. The molecular weight excluding hydrogens is 1670 g/mol. The largest absolute Gasteiger partial charge is 0.490 e. The first-order valence-corrected chi connectivity index (χ1v) is 46.0. The summed E-state index contributed by atoms with van der Waals surface area (Å²) in [4.78, 5) is 95.9. The van der Waals surface area contributed by atoms with Gasteiger partial charge in [0.2, 0.25) is 0 Å². The zero-order chi connectivity index (χ0) is 100. The Morgan fingerprint density at radius 2 is 0.789 bits per heavy atom. The molecular formula is C113H158N2O18. The van der Waals surface area contributed by atoms with Crippen LogP contribution >= 0.6 is 0 Å². The van der Waals surface area contributed by atoms with Crippen LogP contribution in [0.25, 0.3) is 12.2 Å². The molecule has 6 aromatic rings. The third kappa shape index (κ3) is 49.7. The molecule has 728 valence electrons. The third-order valence-corrected chi connectivity index (χ3v) is 21.6. The van der Waals surface area contributed by atoms with Crippen molar-refractivity contribution in [1.29, 1.82) is 0 Å². The molecule has 0 N–H and O–H groups in total. The van der Waals surface area contributed by atoms with Crippen LogP contribution in [-0.2, 0) is 100 Å². The number of benzene rings is 6. The summed E-state index contributed by atoms with van der Waals surface area (Å²) in [6, 6.07) is 54.6. The van der Waals surface area contributed by atoms with Gasteiger partial charge in [0.1, 0.15) is 74.6 Å². The number of rotatable bonds is 32. The molecule has 11 rings (SSSR count). The number of hydrogen-bond donors (Lipinski definition) is 0. The molecule has 0 amide bonds. The summed E-state index contributed by atoms with van der Waals surface area (Å²) in [7, 11) is 7.70. The molecule has 5 fully saturated rings. The summed E-state index contributed by atoms with van der Waals surface area (Å²) in [5, 5.41) is 0. The van der Waals surface area contributed by atoms with Crippen LogP contribution < -0.4 is 9.47 Å². The Hall–Kier alpha value is -11.5. The molecule has 133 heavy (non-hydrogen) atoms. The predicted octanol–water partition coefficient (Wildman–Crippen LogP) is 24.4. The Kier molecular flexibility index (Phi) is 53.6. The topological polar surface area (TPSA) is 235 Å². The molecule has 0 radical (unpaired) electrons. The number of carbonyl (C=O) groups is 8. The van der Waals surface area contributed by atoms with E-state index in [-0.39, 0.29) is 84.2 Å². The van der Waals surface area contributed by atoms with Crippen LogP contribution in [0, 0.1) is 34.5 Å². The van der Waals surface area contributed by atoms with E-state index in [1.165, 1.54) is 62.5 Å². The van der Waals surface area contributed by atoms with E-state index in [9.17, 15) is 38.4 Å². The maximum Gasteiger partial charge on any atom is 0.333 e. The normalized spacial score (nSPS) is 15.9. The van der Waals surface area contributed by atoms with Gasteiger partial charge in [0.15, 0.2) is 0 Å². The lowest BCUT2D eigenvalue weighted by molar-refractivity contribution is -0.166. The lowest BCUT2D eigenvalue weighted by atomic mass is 9.55. The molecule has 0 aliphatic heterocycles. The van der Waals surface area contributed by atoms with Crippen molar-refractivity contribution in [2.75, 3.05) is 67.7 Å². The summed E-state index contributed by atoms with van der Waals surface area (Å²) in [6.45, 7) is 65.8. The molecule has 5 aliphatic rings. The minimum Gasteiger partial charge on any atom is -0.490 e. The molecule has 0 aromatic heterocycles. The number of likely N-dealkylation sites (N-methyl/N-ethyl adjacent to an activating group) is 2. The second kappa shape index (κ2) is 60.6. The van der Waals surface area contributed by atoms with Crippen molar-refractivity contribution in [3.63, 3.8) is 0 Å². The number of hydrogen-bond acceptors (Lipinski definition) is 20. The van der Waals surface area contributed by atoms with Crippen LogP contribution in [0.15, 0.2) is 256 Å². The van der Waals surface area contributed by atoms with Gasteiger partial charge in [-0.3, -0.25) is 9.59 Å². The molecule has 0 saturated heterocycles. The average molecular weight is 1830 g/mol. The lowest BCUT2D eigenvalue weighted by Crippen LogP contribution is -2.50. The number of nitrogens with zero attached hydrogens (tertiary/aromatic N) is 2. The van der Waals surface area contributed by atoms with E-state index in [0.717, 1.165) is 65.0 Å². The first-order chi connectivity index (χ1) is 62.3. The summed E-state index contributed by atoms with van der Waals surface area (Å²) in [6.07, 6.45) is 17.3. The van der Waals surface area contributed by atoms with E-state index >= 15 is 0 Å². The quantitative estimate of drug-likeness (QED) is 0.0165. The molecule has 4 bridgehead atoms. The van der Waals surface area contributed by atoms with Gasteiger partial charge in [-0.1, -0.05) is 244 Å². The highest BCUT2D eigenvalue weighted by Gasteiger charge is 2.50. The van der Waals surface area contributed by atoms with Gasteiger partial charge in [-0.05, 0) is 282 Å². The number of para-hydroxylation sites is 1. The van der Waals surface area contributed by atoms with Crippen molar-refractivity contribution in [2.45, 2.75) is 244 Å². The summed E-state index contributed by atoms with van der Waals surface area (Å²) < 4.78 is 52.8. The molecule has 0 heterocycles. The minimum atomic E-state index is -0.761. The molecule has 6 aromatic carbocycles. The van der Waals surface area contributed by atoms with Crippen molar-refractivity contribution in [3.05, 3.63) is 289 Å². The Labute approximate surface area is 797 Å². The van der Waals surface area contributed by atoms with Crippen molar-refractivity contribution in [1.82, 2.24) is 9.80 Å². The molecule has 20 nitrogen and oxygen atoms in total. The summed E-state index contributed by atoms with van der Waals surface area (Å²) in [5.74, 6) is 2.46. The van der Waals surface area contributed by atoms with Crippen molar-refractivity contribution >= 4 is 59.9 Å². The van der Waals surface area contributed by atoms with Crippen molar-refractivity contribution in [2.24, 2.45) is 34.5 Å². The predicted molar refractivity (Wildman–Crippen MR) is 538 cm³/mol. The number of esters is 8. The third-order valence-electron chi connectivity index (χ3n) is 21.6. The van der Waals surface area contributed by atoms with Crippen LogP contribution in [0.1, 0.15) is 235 Å². The highest BCUT2D eigenvalue weighted by molar-refractivity contribution is 5.89. The maximum absolute atomic E-state index is 12.7. The molecule has 5 aliphatic carbocycles. The van der Waals surface area contributed by atoms with Gasteiger partial charge in [-0.2, -0.15) is 0 Å². The second-order valence-corrected chi connectivity index (χ2v) is 38.3. The fraction of sp³-hybridized carbons (Fsp3) is 0.469. The van der Waals surface area contributed by atoms with Gasteiger partial charge < -0.3 is 57.2 Å². The fourth-order valence-electron chi connectivity index (χ4n) is 14.1. The Bertz CT molecular complexity index is 4570. The van der Waals surface area contributed by atoms with E-state index in [0.29, 0.717) is 91.1 Å². The number of carbonyl (C=O) groups excluding carboxylic acids is 8. The summed E-state index contributed by atoms with van der Waals surface area (Å²) in [5.41, 5.74) is 7.30. The first kappa shape index (κ1) is 118. The van der Waals surface area contributed by atoms with E-state index in [1.54, 1.807) is 41.5 Å². The van der Waals surface area contributed by atoms with Crippen LogP contribution in [0.3, 0.4) is 0 Å². The van der Waals surface area contributed by atoms with Crippen molar-refractivity contribution < 1.29 is 85.7 Å². The average Bonchev–Trinajstić information content (AvgIpc) is 0.759. The standard InChI is InChI=1S/C21H33NO4.C14H20O2.C13H16O2.C12H14O3.C12H16O.C12H16.C11H12O2.C10H16O2.C8H15NO2/c1-7-21(4,19(24)26-15-17-11-9-8-10-12-17)16-20(2,3)18(23)25-14-13-22(5)6;1-8(2)14(15)16-13-11-4-9-3-10(6-11)7-12(13)5-9;1-10(2)12(14)15-13(3,4)11-8-6-5-7-9-11;1-10(2)12(13)15-9-8-14-11-6-4-3-5-7-11;1-5-10-6-8-11(9-7-10)13-12(2,3)4;1-5-10-6-8-11(9-7-10)12(2,3)4;1-9(2)11(12)13-8-10-6-4-3-5-7-10;1-8(2)10(11)12-9-6-4-3-5-7-9;1-7(2)8(10)11-6-5-9(3)4/h8-12H,7,13-16H2,1-6H3;9-13H,1,3-7H2,2H3;5-9H,1H2,2-4H3;3-7H,1,8-9H2,2H3;5-9H,1H2,2-4H3;5-9H,1H2,2-4H3;3-7H,1,8H2,2H3;9H,1,3-7H2,2H3;1,5-6H2,2-4H3. The second-order valence-electron chi connectivity index (χ2n) is 38.3. The minimum absolute atomic E-state index is 0.129. The van der Waals surface area contributed by atoms with Crippen LogP contribution in [-0.4, -0.2) is 143 Å². The van der Waals surface area contributed by atoms with Gasteiger partial charge in [-0.25, -0.2) is 28.8 Å². The first-order valence-electron chi connectivity index (χ1n) is 46.0. The Balaban J connectivity index is 0.000000513. The maximum atomic E-state index is 12.7. The smallest absolute Gasteiger partial charge is 0.333 e. The monoisotopic (exact) mass is 1830 g/mol. The molecule has 1 unspecified atom stereocenters. The van der Waals surface area contributed by atoms with Gasteiger partial charge in [0.05, 0.1) is 10.8 Å². The van der Waals surface area contributed by atoms with Gasteiger partial charge in [0.25, 0.3) is 0 Å².